The van der Waals surface area contributed by atoms with E-state index < -0.39 is 17.5 Å². The van der Waals surface area contributed by atoms with E-state index >= 15 is 0 Å². The van der Waals surface area contributed by atoms with Crippen LogP contribution in [0.1, 0.15) is 26.3 Å². The van der Waals surface area contributed by atoms with Crippen LogP contribution in [0.15, 0.2) is 21.3 Å². The van der Waals surface area contributed by atoms with Crippen molar-refractivity contribution in [3.63, 3.8) is 0 Å². The molecule has 0 fully saturated rings. The molecule has 0 saturated heterocycles. The lowest BCUT2D eigenvalue weighted by Gasteiger charge is -2.19. The van der Waals surface area contributed by atoms with E-state index in [9.17, 15) is 9.59 Å². The van der Waals surface area contributed by atoms with E-state index in [1.807, 2.05) is 6.92 Å². The number of fused-ring (bicyclic) bond motifs is 1. The molecule has 108 valence electrons. The van der Waals surface area contributed by atoms with Gasteiger partial charge >= 0.3 is 11.8 Å². The van der Waals surface area contributed by atoms with Crippen molar-refractivity contribution in [3.8, 4) is 0 Å². The second-order valence-electron chi connectivity index (χ2n) is 5.69. The molecular weight excluding hydrogens is 260 g/mol. The average molecular weight is 278 g/mol. The van der Waals surface area contributed by atoms with Crippen molar-refractivity contribution in [2.24, 2.45) is 7.05 Å². The van der Waals surface area contributed by atoms with Gasteiger partial charge in [0.1, 0.15) is 5.60 Å². The lowest BCUT2D eigenvalue weighted by molar-refractivity contribution is 0.0636. The molecule has 0 aliphatic carbocycles. The summed E-state index contributed by atoms with van der Waals surface area (Å²) < 4.78 is 11.7. The molecule has 1 N–H and O–H groups in total. The molecule has 0 aliphatic rings. The zero-order valence-electron chi connectivity index (χ0n) is 12.2. The standard InChI is InChI=1S/C14H18N2O4/c1-8-6-9(15-12(17)20-14(2,3)4)7-10-11(8)16(5)13(18)19-10/h6-7H,1-5H3,(H,15,17). The number of anilines is 1. The van der Waals surface area contributed by atoms with E-state index in [-0.39, 0.29) is 0 Å². The first-order chi connectivity index (χ1) is 9.17. The predicted octanol–water partition coefficient (Wildman–Crippen LogP) is 2.79. The Kier molecular flexibility index (Phi) is 3.33. The van der Waals surface area contributed by atoms with Crippen LogP contribution in [0.5, 0.6) is 0 Å². The predicted molar refractivity (Wildman–Crippen MR) is 76.0 cm³/mol. The van der Waals surface area contributed by atoms with Crippen molar-refractivity contribution in [3.05, 3.63) is 28.2 Å². The molecule has 0 bridgehead atoms. The Morgan fingerprint density at radius 3 is 2.60 bits per heavy atom. The number of carbonyl (C=O) groups is 1. The van der Waals surface area contributed by atoms with Crippen LogP contribution in [0, 0.1) is 6.92 Å². The third-order valence-electron chi connectivity index (χ3n) is 2.72. The van der Waals surface area contributed by atoms with Crippen LogP contribution in [0.2, 0.25) is 0 Å². The topological polar surface area (TPSA) is 73.5 Å². The summed E-state index contributed by atoms with van der Waals surface area (Å²) in [6, 6.07) is 3.37. The maximum absolute atomic E-state index is 11.7. The monoisotopic (exact) mass is 278 g/mol. The summed E-state index contributed by atoms with van der Waals surface area (Å²) in [7, 11) is 1.64. The van der Waals surface area contributed by atoms with E-state index in [0.717, 1.165) is 5.56 Å². The quantitative estimate of drug-likeness (QED) is 0.870. The highest BCUT2D eigenvalue weighted by molar-refractivity contribution is 5.89. The molecule has 6 nitrogen and oxygen atoms in total. The number of hydrogen-bond acceptors (Lipinski definition) is 4. The average Bonchev–Trinajstić information content (AvgIpc) is 2.51. The third-order valence-corrected chi connectivity index (χ3v) is 2.72. The van der Waals surface area contributed by atoms with E-state index in [1.54, 1.807) is 40.0 Å². The van der Waals surface area contributed by atoms with Crippen molar-refractivity contribution in [2.45, 2.75) is 33.3 Å². The Labute approximate surface area is 116 Å². The Bertz CT molecular complexity index is 719. The van der Waals surface area contributed by atoms with Crippen molar-refractivity contribution in [1.29, 1.82) is 0 Å². The number of rotatable bonds is 1. The number of hydrogen-bond donors (Lipinski definition) is 1. The number of nitrogens with one attached hydrogen (secondary N) is 1. The number of aromatic nitrogens is 1. The molecule has 2 rings (SSSR count). The number of oxazole rings is 1. The molecule has 1 aromatic carbocycles. The van der Waals surface area contributed by atoms with Crippen molar-refractivity contribution in [2.75, 3.05) is 5.32 Å². The van der Waals surface area contributed by atoms with Gasteiger partial charge in [-0.3, -0.25) is 9.88 Å². The largest absolute Gasteiger partial charge is 0.444 e. The lowest BCUT2D eigenvalue weighted by atomic mass is 10.2. The van der Waals surface area contributed by atoms with Gasteiger partial charge in [0, 0.05) is 18.8 Å². The lowest BCUT2D eigenvalue weighted by Crippen LogP contribution is -2.27. The fraction of sp³-hybridized carbons (Fsp3) is 0.429. The summed E-state index contributed by atoms with van der Waals surface area (Å²) in [6.45, 7) is 7.21. The van der Waals surface area contributed by atoms with E-state index in [2.05, 4.69) is 5.32 Å². The molecule has 6 heteroatoms. The summed E-state index contributed by atoms with van der Waals surface area (Å²) in [4.78, 5) is 23.2. The molecule has 1 amide bonds. The van der Waals surface area contributed by atoms with Crippen LogP contribution in [0.25, 0.3) is 11.1 Å². The Morgan fingerprint density at radius 2 is 2.00 bits per heavy atom. The second-order valence-corrected chi connectivity index (χ2v) is 5.69. The van der Waals surface area contributed by atoms with E-state index in [4.69, 9.17) is 9.15 Å². The van der Waals surface area contributed by atoms with Gasteiger partial charge in [-0.2, -0.15) is 0 Å². The smallest absolute Gasteiger partial charge is 0.419 e. The molecule has 0 radical (unpaired) electrons. The summed E-state index contributed by atoms with van der Waals surface area (Å²) in [5, 5.41) is 2.63. The second kappa shape index (κ2) is 4.70. The van der Waals surface area contributed by atoms with Gasteiger partial charge in [0.05, 0.1) is 5.52 Å². The maximum atomic E-state index is 11.7. The van der Waals surface area contributed by atoms with Crippen LogP contribution in [0.3, 0.4) is 0 Å². The minimum atomic E-state index is -0.567. The minimum Gasteiger partial charge on any atom is -0.444 e. The van der Waals surface area contributed by atoms with Crippen molar-refractivity contribution < 1.29 is 13.9 Å². The van der Waals surface area contributed by atoms with Gasteiger partial charge in [-0.25, -0.2) is 9.59 Å². The summed E-state index contributed by atoms with van der Waals surface area (Å²) >= 11 is 0. The number of benzene rings is 1. The van der Waals surface area contributed by atoms with Gasteiger partial charge in [-0.05, 0) is 39.3 Å². The van der Waals surface area contributed by atoms with Crippen LogP contribution >= 0.6 is 0 Å². The fourth-order valence-corrected chi connectivity index (χ4v) is 2.00. The molecule has 0 unspecified atom stereocenters. The van der Waals surface area contributed by atoms with Crippen molar-refractivity contribution in [1.82, 2.24) is 4.57 Å². The van der Waals surface area contributed by atoms with Gasteiger partial charge < -0.3 is 9.15 Å². The fourth-order valence-electron chi connectivity index (χ4n) is 2.00. The number of aryl methyl sites for hydroxylation is 2. The van der Waals surface area contributed by atoms with Gasteiger partial charge in [-0.1, -0.05) is 0 Å². The van der Waals surface area contributed by atoms with E-state index in [1.165, 1.54) is 4.57 Å². The zero-order valence-corrected chi connectivity index (χ0v) is 12.2. The normalized spacial score (nSPS) is 11.7. The number of nitrogens with zero attached hydrogens (tertiary/aromatic N) is 1. The number of carbonyl (C=O) groups excluding carboxylic acids is 1. The molecule has 0 aliphatic heterocycles. The zero-order chi connectivity index (χ0) is 15.1. The molecule has 20 heavy (non-hydrogen) atoms. The Hall–Kier alpha value is -2.24. The van der Waals surface area contributed by atoms with Gasteiger partial charge in [-0.15, -0.1) is 0 Å². The SMILES string of the molecule is Cc1cc(NC(=O)OC(C)(C)C)cc2oc(=O)n(C)c12. The van der Waals surface area contributed by atoms with Crippen molar-refractivity contribution >= 4 is 22.9 Å². The van der Waals surface area contributed by atoms with Gasteiger partial charge in [0.2, 0.25) is 0 Å². The van der Waals surface area contributed by atoms with Crippen LogP contribution < -0.4 is 11.1 Å². The van der Waals surface area contributed by atoms with Crippen LogP contribution in [-0.2, 0) is 11.8 Å². The van der Waals surface area contributed by atoms with Gasteiger partial charge in [0.15, 0.2) is 5.58 Å². The molecule has 0 spiro atoms. The highest BCUT2D eigenvalue weighted by Crippen LogP contribution is 2.23. The molecule has 2 aromatic rings. The first kappa shape index (κ1) is 14.2. The Balaban J connectivity index is 2.33. The van der Waals surface area contributed by atoms with E-state index in [0.29, 0.717) is 16.8 Å². The highest BCUT2D eigenvalue weighted by Gasteiger charge is 2.17. The molecule has 0 saturated carbocycles. The van der Waals surface area contributed by atoms with Crippen LogP contribution in [0.4, 0.5) is 10.5 Å². The third kappa shape index (κ3) is 2.84. The summed E-state index contributed by atoms with van der Waals surface area (Å²) in [5.41, 5.74) is 1.94. The molecule has 1 heterocycles. The minimum absolute atomic E-state index is 0.433. The number of amides is 1. The molecule has 0 atom stereocenters. The van der Waals surface area contributed by atoms with Crippen LogP contribution in [-0.4, -0.2) is 16.3 Å². The molecule has 1 aromatic heterocycles. The maximum Gasteiger partial charge on any atom is 0.419 e. The number of ether oxygens (including phenoxy) is 1. The van der Waals surface area contributed by atoms with Gasteiger partial charge in [0.25, 0.3) is 0 Å². The summed E-state index contributed by atoms with van der Waals surface area (Å²) in [6.07, 6.45) is -0.547. The highest BCUT2D eigenvalue weighted by atomic mass is 16.6. The summed E-state index contributed by atoms with van der Waals surface area (Å²) in [5.74, 6) is -0.433. The Morgan fingerprint density at radius 1 is 1.35 bits per heavy atom. The first-order valence-electron chi connectivity index (χ1n) is 6.27. The first-order valence-corrected chi connectivity index (χ1v) is 6.27. The molecular formula is C14H18N2O4.